The van der Waals surface area contributed by atoms with Crippen LogP contribution in [0.25, 0.3) is 0 Å². The third kappa shape index (κ3) is 2.69. The van der Waals surface area contributed by atoms with Gasteiger partial charge in [0.25, 0.3) is 0 Å². The van der Waals surface area contributed by atoms with E-state index in [1.165, 1.54) is 32.1 Å². The number of carbonyl (C=O) groups excluding carboxylic acids is 1. The highest BCUT2D eigenvalue weighted by Gasteiger charge is 2.59. The number of aliphatic hydroxyl groups is 1. The summed E-state index contributed by atoms with van der Waals surface area (Å²) in [7, 11) is 0. The van der Waals surface area contributed by atoms with Crippen molar-refractivity contribution in [3.05, 3.63) is 12.7 Å². The Morgan fingerprint density at radius 2 is 1.71 bits per heavy atom. The van der Waals surface area contributed by atoms with E-state index in [0.717, 1.165) is 43.4 Å². The summed E-state index contributed by atoms with van der Waals surface area (Å²) in [4.78, 5) is 11.9. The van der Waals surface area contributed by atoms with Crippen LogP contribution in [0.5, 0.6) is 0 Å². The molecule has 2 nitrogen and oxygen atoms in total. The highest BCUT2D eigenvalue weighted by atomic mass is 16.3. The van der Waals surface area contributed by atoms with Gasteiger partial charge >= 0.3 is 0 Å². The Bertz CT molecular complexity index is 498. The Morgan fingerprint density at radius 1 is 1.04 bits per heavy atom. The summed E-state index contributed by atoms with van der Waals surface area (Å²) in [6.45, 7) is 10.1. The van der Waals surface area contributed by atoms with Crippen LogP contribution < -0.4 is 0 Å². The van der Waals surface area contributed by atoms with Crippen molar-refractivity contribution in [2.24, 2.45) is 34.5 Å². The smallest absolute Gasteiger partial charge is 0.133 e. The van der Waals surface area contributed by atoms with Gasteiger partial charge in [-0.3, -0.25) is 4.79 Å². The van der Waals surface area contributed by atoms with Crippen LogP contribution in [-0.2, 0) is 4.79 Å². The first-order valence-corrected chi connectivity index (χ1v) is 10.1. The summed E-state index contributed by atoms with van der Waals surface area (Å²) < 4.78 is 0. The van der Waals surface area contributed by atoms with E-state index in [4.69, 9.17) is 0 Å². The molecule has 2 heteroatoms. The number of ketones is 1. The van der Waals surface area contributed by atoms with Gasteiger partial charge in [-0.25, -0.2) is 0 Å². The molecule has 4 fully saturated rings. The Kier molecular flexibility index (Phi) is 4.99. The minimum Gasteiger partial charge on any atom is -0.393 e. The van der Waals surface area contributed by atoms with Gasteiger partial charge in [-0.2, -0.15) is 0 Å². The van der Waals surface area contributed by atoms with Gasteiger partial charge in [0.05, 0.1) is 6.10 Å². The van der Waals surface area contributed by atoms with Crippen molar-refractivity contribution < 1.29 is 9.90 Å². The van der Waals surface area contributed by atoms with Crippen molar-refractivity contribution in [3.63, 3.8) is 0 Å². The molecule has 0 heterocycles. The topological polar surface area (TPSA) is 37.3 Å². The summed E-state index contributed by atoms with van der Waals surface area (Å²) in [5.41, 5.74) is 0.598. The van der Waals surface area contributed by atoms with E-state index < -0.39 is 0 Å². The van der Waals surface area contributed by atoms with Gasteiger partial charge in [0.15, 0.2) is 0 Å². The SMILES string of the molecule is C=CC.CC12CCC3C(CCC4CC(=O)CCC43C)C1CCC2O. The van der Waals surface area contributed by atoms with E-state index in [1.807, 2.05) is 6.92 Å². The van der Waals surface area contributed by atoms with E-state index in [1.54, 1.807) is 6.08 Å². The molecule has 7 unspecified atom stereocenters. The van der Waals surface area contributed by atoms with Crippen LogP contribution in [0.15, 0.2) is 12.7 Å². The maximum absolute atomic E-state index is 11.9. The van der Waals surface area contributed by atoms with E-state index in [9.17, 15) is 9.90 Å². The van der Waals surface area contributed by atoms with Gasteiger partial charge in [-0.05, 0) is 86.4 Å². The molecule has 0 radical (unpaired) electrons. The predicted molar refractivity (Wildman–Crippen MR) is 98.6 cm³/mol. The zero-order valence-electron chi connectivity index (χ0n) is 15.9. The van der Waals surface area contributed by atoms with Crippen LogP contribution in [0, 0.1) is 34.5 Å². The number of Topliss-reactive ketones (excluding diaryl/α,β-unsaturated/α-hetero) is 1. The number of rotatable bonds is 0. The lowest BCUT2D eigenvalue weighted by molar-refractivity contribution is -0.141. The van der Waals surface area contributed by atoms with E-state index in [2.05, 4.69) is 20.4 Å². The minimum absolute atomic E-state index is 0.0677. The van der Waals surface area contributed by atoms with Crippen molar-refractivity contribution in [1.29, 1.82) is 0 Å². The first-order chi connectivity index (χ1) is 11.4. The van der Waals surface area contributed by atoms with E-state index >= 15 is 0 Å². The second-order valence-corrected chi connectivity index (χ2v) is 9.45. The average Bonchev–Trinajstić information content (AvgIpc) is 2.84. The lowest BCUT2D eigenvalue weighted by Gasteiger charge is -2.60. The molecule has 0 aliphatic heterocycles. The van der Waals surface area contributed by atoms with Crippen LogP contribution in [0.4, 0.5) is 0 Å². The fraction of sp³-hybridized carbons (Fsp3) is 0.864. The van der Waals surface area contributed by atoms with Crippen LogP contribution in [-0.4, -0.2) is 17.0 Å². The average molecular weight is 333 g/mol. The quantitative estimate of drug-likeness (QED) is 0.623. The molecule has 7 atom stereocenters. The summed E-state index contributed by atoms with van der Waals surface area (Å²) in [6, 6.07) is 0. The van der Waals surface area contributed by atoms with Crippen molar-refractivity contribution in [1.82, 2.24) is 0 Å². The Morgan fingerprint density at radius 3 is 2.42 bits per heavy atom. The maximum atomic E-state index is 11.9. The molecule has 4 aliphatic rings. The number of fused-ring (bicyclic) bond motifs is 5. The number of allylic oxidation sites excluding steroid dienone is 1. The molecule has 0 aromatic carbocycles. The molecule has 4 saturated carbocycles. The molecule has 0 saturated heterocycles. The van der Waals surface area contributed by atoms with Crippen molar-refractivity contribution >= 4 is 5.78 Å². The molecular formula is C22H36O2. The molecular weight excluding hydrogens is 296 g/mol. The predicted octanol–water partition coefficient (Wildman–Crippen LogP) is 5.15. The fourth-order valence-corrected chi connectivity index (χ4v) is 7.02. The first kappa shape index (κ1) is 18.2. The second kappa shape index (κ2) is 6.59. The molecule has 0 aromatic rings. The number of aliphatic hydroxyl groups excluding tert-OH is 1. The van der Waals surface area contributed by atoms with Crippen molar-refractivity contribution in [2.45, 2.75) is 84.7 Å². The van der Waals surface area contributed by atoms with Crippen molar-refractivity contribution in [3.8, 4) is 0 Å². The Hall–Kier alpha value is -0.630. The molecule has 0 aromatic heterocycles. The highest BCUT2D eigenvalue weighted by Crippen LogP contribution is 2.65. The molecule has 1 N–H and O–H groups in total. The van der Waals surface area contributed by atoms with Crippen LogP contribution in [0.2, 0.25) is 0 Å². The van der Waals surface area contributed by atoms with Gasteiger partial charge in [0.1, 0.15) is 5.78 Å². The van der Waals surface area contributed by atoms with Gasteiger partial charge in [-0.15, -0.1) is 6.58 Å². The lowest BCUT2D eigenvalue weighted by Crippen LogP contribution is -2.54. The zero-order valence-corrected chi connectivity index (χ0v) is 15.9. The summed E-state index contributed by atoms with van der Waals surface area (Å²) in [6.07, 6.45) is 11.8. The number of carbonyl (C=O) groups is 1. The Balaban J connectivity index is 0.000000526. The second-order valence-electron chi connectivity index (χ2n) is 9.45. The largest absolute Gasteiger partial charge is 0.393 e. The maximum Gasteiger partial charge on any atom is 0.133 e. The fourth-order valence-electron chi connectivity index (χ4n) is 7.02. The molecule has 0 spiro atoms. The molecule has 24 heavy (non-hydrogen) atoms. The van der Waals surface area contributed by atoms with E-state index in [0.29, 0.717) is 17.1 Å². The van der Waals surface area contributed by atoms with Gasteiger partial charge in [0.2, 0.25) is 0 Å². The Labute approximate surface area is 148 Å². The first-order valence-electron chi connectivity index (χ1n) is 10.1. The molecule has 0 bridgehead atoms. The summed E-state index contributed by atoms with van der Waals surface area (Å²) >= 11 is 0. The number of hydrogen-bond donors (Lipinski definition) is 1. The normalized spacial score (nSPS) is 50.0. The van der Waals surface area contributed by atoms with Crippen LogP contribution in [0.3, 0.4) is 0 Å². The summed E-state index contributed by atoms with van der Waals surface area (Å²) in [5, 5.41) is 10.5. The molecule has 4 aliphatic carbocycles. The van der Waals surface area contributed by atoms with Gasteiger partial charge in [-0.1, -0.05) is 19.9 Å². The molecule has 0 amide bonds. The third-order valence-corrected chi connectivity index (χ3v) is 8.43. The lowest BCUT2D eigenvalue weighted by atomic mass is 9.45. The monoisotopic (exact) mass is 332 g/mol. The van der Waals surface area contributed by atoms with Crippen molar-refractivity contribution in [2.75, 3.05) is 0 Å². The molecule has 136 valence electrons. The third-order valence-electron chi connectivity index (χ3n) is 8.43. The number of hydrogen-bond acceptors (Lipinski definition) is 2. The van der Waals surface area contributed by atoms with Crippen LogP contribution in [0.1, 0.15) is 78.6 Å². The van der Waals surface area contributed by atoms with E-state index in [-0.39, 0.29) is 11.5 Å². The van der Waals surface area contributed by atoms with Crippen LogP contribution >= 0.6 is 0 Å². The highest BCUT2D eigenvalue weighted by molar-refractivity contribution is 5.79. The standard InChI is InChI=1S/C19H30O2.C3H6/c1-18-9-7-13(20)11-12(18)3-4-14-15-5-6-17(21)19(15,2)10-8-16(14)18;1-3-2/h12,14-17,21H,3-11H2,1-2H3;3H,1H2,2H3. The van der Waals surface area contributed by atoms with Gasteiger partial charge in [0, 0.05) is 12.8 Å². The molecule has 4 rings (SSSR count). The summed E-state index contributed by atoms with van der Waals surface area (Å²) in [5.74, 6) is 3.52. The minimum atomic E-state index is -0.0677. The zero-order chi connectivity index (χ0) is 17.5. The van der Waals surface area contributed by atoms with Gasteiger partial charge < -0.3 is 5.11 Å².